The third-order valence-electron chi connectivity index (χ3n) is 5.27. The molecule has 12 nitrogen and oxygen atoms in total. The Morgan fingerprint density at radius 2 is 2.05 bits per heavy atom. The van der Waals surface area contributed by atoms with Crippen molar-refractivity contribution in [3.63, 3.8) is 0 Å². The van der Waals surface area contributed by atoms with Gasteiger partial charge in [0.05, 0.1) is 31.5 Å². The van der Waals surface area contributed by atoms with E-state index in [0.717, 1.165) is 0 Å². The van der Waals surface area contributed by atoms with Crippen LogP contribution in [0.1, 0.15) is 31.0 Å². The van der Waals surface area contributed by atoms with Gasteiger partial charge in [-0.2, -0.15) is 10.4 Å². The fraction of sp³-hybridized carbons (Fsp3) is 0.308. The van der Waals surface area contributed by atoms with Gasteiger partial charge in [-0.25, -0.2) is 9.59 Å². The normalized spacial score (nSPS) is 15.7. The molecule has 200 valence electrons. The van der Waals surface area contributed by atoms with Gasteiger partial charge in [0.25, 0.3) is 0 Å². The SMILES string of the molecule is CCOc1cc([C@H]2NC(=O)NC(C)=C2C(=O)OC)ccc1OC[C@H](O)N/N=C/c1cccc(OCC#N)c1. The second-order valence-corrected chi connectivity index (χ2v) is 7.93. The van der Waals surface area contributed by atoms with E-state index in [1.807, 2.05) is 6.07 Å². The number of aliphatic hydroxyl groups excluding tert-OH is 1. The molecule has 2 aromatic rings. The summed E-state index contributed by atoms with van der Waals surface area (Å²) < 4.78 is 21.6. The Bertz CT molecular complexity index is 1250. The molecule has 4 N–H and O–H groups in total. The number of allylic oxidation sites excluding steroid dienone is 1. The van der Waals surface area contributed by atoms with Gasteiger partial charge in [0.1, 0.15) is 18.4 Å². The summed E-state index contributed by atoms with van der Waals surface area (Å²) in [5, 5.41) is 28.2. The Balaban J connectivity index is 1.67. The van der Waals surface area contributed by atoms with Gasteiger partial charge in [-0.1, -0.05) is 18.2 Å². The molecule has 2 aromatic carbocycles. The van der Waals surface area contributed by atoms with Crippen molar-refractivity contribution in [2.75, 3.05) is 26.9 Å². The van der Waals surface area contributed by atoms with E-state index in [0.29, 0.717) is 40.7 Å². The number of nitriles is 1. The van der Waals surface area contributed by atoms with Crippen molar-refractivity contribution < 1.29 is 33.6 Å². The predicted octanol–water partition coefficient (Wildman–Crippen LogP) is 2.11. The van der Waals surface area contributed by atoms with E-state index < -0.39 is 24.3 Å². The summed E-state index contributed by atoms with van der Waals surface area (Å²) in [5.74, 6) is 0.669. The number of benzene rings is 2. The first-order valence-corrected chi connectivity index (χ1v) is 11.7. The quantitative estimate of drug-likeness (QED) is 0.141. The first kappa shape index (κ1) is 27.8. The van der Waals surface area contributed by atoms with Crippen molar-refractivity contribution >= 4 is 18.2 Å². The molecule has 1 heterocycles. The highest BCUT2D eigenvalue weighted by Gasteiger charge is 2.32. The van der Waals surface area contributed by atoms with Gasteiger partial charge in [0, 0.05) is 5.70 Å². The van der Waals surface area contributed by atoms with Crippen LogP contribution in [0.4, 0.5) is 4.79 Å². The summed E-state index contributed by atoms with van der Waals surface area (Å²) in [6.07, 6.45) is 0.351. The first-order chi connectivity index (χ1) is 18.4. The number of carbonyl (C=O) groups is 2. The van der Waals surface area contributed by atoms with Crippen molar-refractivity contribution in [1.82, 2.24) is 16.1 Å². The van der Waals surface area contributed by atoms with Crippen LogP contribution in [-0.4, -0.2) is 56.5 Å². The Kier molecular flexibility index (Phi) is 9.90. The highest BCUT2D eigenvalue weighted by Crippen LogP contribution is 2.34. The Morgan fingerprint density at radius 3 is 2.79 bits per heavy atom. The van der Waals surface area contributed by atoms with E-state index in [4.69, 9.17) is 24.2 Å². The molecule has 0 unspecified atom stereocenters. The van der Waals surface area contributed by atoms with E-state index in [1.54, 1.807) is 56.3 Å². The zero-order valence-electron chi connectivity index (χ0n) is 21.2. The molecule has 0 aliphatic carbocycles. The molecule has 0 fully saturated rings. The molecule has 2 amide bonds. The number of rotatable bonds is 12. The molecule has 0 bridgehead atoms. The molecule has 0 spiro atoms. The number of amides is 2. The van der Waals surface area contributed by atoms with Gasteiger partial charge in [-0.15, -0.1) is 0 Å². The lowest BCUT2D eigenvalue weighted by Gasteiger charge is -2.28. The van der Waals surface area contributed by atoms with Crippen LogP contribution < -0.4 is 30.3 Å². The van der Waals surface area contributed by atoms with Crippen LogP contribution in [0, 0.1) is 11.3 Å². The Morgan fingerprint density at radius 1 is 1.24 bits per heavy atom. The molecular weight excluding hydrogens is 494 g/mol. The number of nitrogens with one attached hydrogen (secondary N) is 3. The van der Waals surface area contributed by atoms with Crippen LogP contribution in [0.2, 0.25) is 0 Å². The fourth-order valence-corrected chi connectivity index (χ4v) is 3.62. The number of aliphatic hydroxyl groups is 1. The van der Waals surface area contributed by atoms with Crippen molar-refractivity contribution in [3.05, 3.63) is 64.9 Å². The molecule has 12 heteroatoms. The van der Waals surface area contributed by atoms with Gasteiger partial charge in [0.2, 0.25) is 0 Å². The largest absolute Gasteiger partial charge is 0.490 e. The fourth-order valence-electron chi connectivity index (χ4n) is 3.62. The van der Waals surface area contributed by atoms with Crippen molar-refractivity contribution in [1.29, 1.82) is 5.26 Å². The molecule has 0 saturated carbocycles. The Hall–Kier alpha value is -4.76. The molecule has 0 aromatic heterocycles. The molecule has 0 saturated heterocycles. The number of urea groups is 1. The number of hydrogen-bond acceptors (Lipinski definition) is 10. The van der Waals surface area contributed by atoms with E-state index in [2.05, 4.69) is 21.2 Å². The molecule has 2 atom stereocenters. The number of methoxy groups -OCH3 is 1. The van der Waals surface area contributed by atoms with Crippen molar-refractivity contribution in [3.8, 4) is 23.3 Å². The predicted molar refractivity (Wildman–Crippen MR) is 137 cm³/mol. The second kappa shape index (κ2) is 13.5. The highest BCUT2D eigenvalue weighted by molar-refractivity contribution is 5.95. The summed E-state index contributed by atoms with van der Waals surface area (Å²) in [5.41, 5.74) is 4.51. The molecule has 0 radical (unpaired) electrons. The summed E-state index contributed by atoms with van der Waals surface area (Å²) in [6, 6.07) is 12.6. The zero-order valence-corrected chi connectivity index (χ0v) is 21.2. The van der Waals surface area contributed by atoms with Crippen molar-refractivity contribution in [2.45, 2.75) is 26.1 Å². The highest BCUT2D eigenvalue weighted by atomic mass is 16.5. The van der Waals surface area contributed by atoms with Crippen molar-refractivity contribution in [2.24, 2.45) is 5.10 Å². The molecule has 1 aliphatic heterocycles. The van der Waals surface area contributed by atoms with Crippen LogP contribution >= 0.6 is 0 Å². The van der Waals surface area contributed by atoms with Crippen LogP contribution in [0.5, 0.6) is 17.2 Å². The maximum atomic E-state index is 12.4. The second-order valence-electron chi connectivity index (χ2n) is 7.93. The van der Waals surface area contributed by atoms with Crippen LogP contribution in [0.3, 0.4) is 0 Å². The van der Waals surface area contributed by atoms with Crippen LogP contribution in [-0.2, 0) is 9.53 Å². The lowest BCUT2D eigenvalue weighted by Crippen LogP contribution is -2.45. The van der Waals surface area contributed by atoms with E-state index in [1.165, 1.54) is 13.3 Å². The molecule has 3 rings (SSSR count). The minimum absolute atomic E-state index is 0.0606. The average molecular weight is 524 g/mol. The van der Waals surface area contributed by atoms with E-state index >= 15 is 0 Å². The van der Waals surface area contributed by atoms with Gasteiger partial charge in [-0.05, 0) is 49.2 Å². The van der Waals surface area contributed by atoms with Gasteiger partial charge >= 0.3 is 12.0 Å². The van der Waals surface area contributed by atoms with Gasteiger partial charge in [-0.3, -0.25) is 5.43 Å². The monoisotopic (exact) mass is 523 g/mol. The number of hydrogen-bond donors (Lipinski definition) is 4. The summed E-state index contributed by atoms with van der Waals surface area (Å²) >= 11 is 0. The third-order valence-corrected chi connectivity index (χ3v) is 5.27. The summed E-state index contributed by atoms with van der Waals surface area (Å²) in [7, 11) is 1.27. The lowest BCUT2D eigenvalue weighted by molar-refractivity contribution is -0.136. The standard InChI is InChI=1S/C26H29N5O7/c1-4-36-21-13-18(24-23(25(33)35-3)16(2)29-26(34)30-24)8-9-20(21)38-15-22(32)31-28-14-17-6-5-7-19(12-17)37-11-10-27/h5-9,12-14,22,24,31-32H,4,11,15H2,1-3H3,(H2,29,30,34)/b28-14+/t22-,24+/m0/s1. The van der Waals surface area contributed by atoms with Gasteiger partial charge in [0.15, 0.2) is 24.3 Å². The lowest BCUT2D eigenvalue weighted by atomic mass is 9.95. The number of carbonyl (C=O) groups excluding carboxylic acids is 2. The smallest absolute Gasteiger partial charge is 0.337 e. The minimum Gasteiger partial charge on any atom is -0.490 e. The third kappa shape index (κ3) is 7.37. The summed E-state index contributed by atoms with van der Waals surface area (Å²) in [6.45, 7) is 3.54. The maximum Gasteiger partial charge on any atom is 0.337 e. The van der Waals surface area contributed by atoms with E-state index in [9.17, 15) is 14.7 Å². The number of nitrogens with zero attached hydrogens (tertiary/aromatic N) is 2. The zero-order chi connectivity index (χ0) is 27.5. The first-order valence-electron chi connectivity index (χ1n) is 11.7. The molecule has 38 heavy (non-hydrogen) atoms. The molecular formula is C26H29N5O7. The van der Waals surface area contributed by atoms with Gasteiger partial charge < -0.3 is 34.7 Å². The number of hydrazone groups is 1. The number of esters is 1. The number of ether oxygens (including phenoxy) is 4. The van der Waals surface area contributed by atoms with Crippen LogP contribution in [0.15, 0.2) is 58.8 Å². The minimum atomic E-state index is -1.14. The maximum absolute atomic E-state index is 12.4. The summed E-state index contributed by atoms with van der Waals surface area (Å²) in [4.78, 5) is 24.4. The van der Waals surface area contributed by atoms with E-state index in [-0.39, 0.29) is 18.8 Å². The Labute approximate surface area is 219 Å². The average Bonchev–Trinajstić information content (AvgIpc) is 2.90. The van der Waals surface area contributed by atoms with Crippen LogP contribution in [0.25, 0.3) is 0 Å². The molecule has 1 aliphatic rings. The topological polar surface area (TPSA) is 164 Å².